The van der Waals surface area contributed by atoms with Crippen molar-refractivity contribution < 1.29 is 4.42 Å². The molecular formula is C20H14O2. The maximum absolute atomic E-state index is 13.0. The summed E-state index contributed by atoms with van der Waals surface area (Å²) in [5, 5.41) is 2.65. The highest BCUT2D eigenvalue weighted by Crippen LogP contribution is 2.26. The second-order valence-electron chi connectivity index (χ2n) is 5.51. The van der Waals surface area contributed by atoms with Gasteiger partial charge in [0.15, 0.2) is 0 Å². The van der Waals surface area contributed by atoms with E-state index in [0.717, 1.165) is 16.3 Å². The molecule has 2 heteroatoms. The summed E-state index contributed by atoms with van der Waals surface area (Å²) in [4.78, 5) is 13.0. The third kappa shape index (κ3) is 1.92. The molecule has 1 aromatic heterocycles. The number of benzene rings is 3. The van der Waals surface area contributed by atoms with Gasteiger partial charge in [0.05, 0.1) is 10.9 Å². The highest BCUT2D eigenvalue weighted by atomic mass is 16.3. The van der Waals surface area contributed by atoms with Crippen molar-refractivity contribution in [3.8, 4) is 11.1 Å². The lowest BCUT2D eigenvalue weighted by Crippen LogP contribution is -2.05. The van der Waals surface area contributed by atoms with Gasteiger partial charge in [0.25, 0.3) is 0 Å². The molecular weight excluding hydrogens is 272 g/mol. The number of fused-ring (bicyclic) bond motifs is 3. The Morgan fingerprint density at radius 1 is 0.909 bits per heavy atom. The Bertz CT molecular complexity index is 1040. The minimum absolute atomic E-state index is 0.0157. The fourth-order valence-corrected chi connectivity index (χ4v) is 2.89. The monoisotopic (exact) mass is 286 g/mol. The molecule has 22 heavy (non-hydrogen) atoms. The molecule has 1 heterocycles. The van der Waals surface area contributed by atoms with Crippen LogP contribution in [0.5, 0.6) is 0 Å². The van der Waals surface area contributed by atoms with Crippen LogP contribution in [-0.2, 0) is 0 Å². The van der Waals surface area contributed by atoms with Gasteiger partial charge < -0.3 is 4.42 Å². The van der Waals surface area contributed by atoms with E-state index in [1.54, 1.807) is 6.26 Å². The van der Waals surface area contributed by atoms with Gasteiger partial charge >= 0.3 is 0 Å². The van der Waals surface area contributed by atoms with E-state index in [-0.39, 0.29) is 5.43 Å². The van der Waals surface area contributed by atoms with E-state index in [1.807, 2.05) is 61.5 Å². The van der Waals surface area contributed by atoms with Crippen molar-refractivity contribution >= 4 is 21.7 Å². The smallest absolute Gasteiger partial charge is 0.201 e. The number of hydrogen-bond acceptors (Lipinski definition) is 2. The lowest BCUT2D eigenvalue weighted by Gasteiger charge is -2.06. The normalized spacial score (nSPS) is 11.1. The van der Waals surface area contributed by atoms with Crippen molar-refractivity contribution in [1.82, 2.24) is 0 Å². The molecule has 0 saturated carbocycles. The zero-order valence-electron chi connectivity index (χ0n) is 12.2. The average Bonchev–Trinajstić information content (AvgIpc) is 2.55. The Balaban J connectivity index is 2.14. The maximum Gasteiger partial charge on any atom is 0.201 e. The topological polar surface area (TPSA) is 30.2 Å². The number of rotatable bonds is 1. The first kappa shape index (κ1) is 12.8. The molecule has 0 aliphatic rings. The molecule has 2 nitrogen and oxygen atoms in total. The Morgan fingerprint density at radius 2 is 1.73 bits per heavy atom. The van der Waals surface area contributed by atoms with Crippen LogP contribution in [0.15, 0.2) is 76.1 Å². The van der Waals surface area contributed by atoms with Crippen LogP contribution in [0.1, 0.15) is 5.56 Å². The molecule has 0 fully saturated rings. The first-order chi connectivity index (χ1) is 10.7. The summed E-state index contributed by atoms with van der Waals surface area (Å²) in [5.41, 5.74) is 3.29. The lowest BCUT2D eigenvalue weighted by molar-refractivity contribution is 0.605. The van der Waals surface area contributed by atoms with Crippen molar-refractivity contribution in [3.05, 3.63) is 82.7 Å². The van der Waals surface area contributed by atoms with Gasteiger partial charge in [-0.05, 0) is 29.3 Å². The highest BCUT2D eigenvalue weighted by molar-refractivity contribution is 6.06. The van der Waals surface area contributed by atoms with Crippen LogP contribution < -0.4 is 5.43 Å². The van der Waals surface area contributed by atoms with Crippen molar-refractivity contribution in [3.63, 3.8) is 0 Å². The highest BCUT2D eigenvalue weighted by Gasteiger charge is 2.11. The van der Waals surface area contributed by atoms with Crippen molar-refractivity contribution in [2.75, 3.05) is 0 Å². The lowest BCUT2D eigenvalue weighted by atomic mass is 10.0. The molecule has 0 bridgehead atoms. The SMILES string of the molecule is Cc1ccc2c(ccc3occ(-c4ccccc4)c(=O)c32)c1. The fraction of sp³-hybridized carbons (Fsp3) is 0.0500. The van der Waals surface area contributed by atoms with Gasteiger partial charge in [-0.25, -0.2) is 0 Å². The molecule has 0 N–H and O–H groups in total. The summed E-state index contributed by atoms with van der Waals surface area (Å²) in [6.07, 6.45) is 1.56. The van der Waals surface area contributed by atoms with Gasteiger partial charge in [-0.2, -0.15) is 0 Å². The van der Waals surface area contributed by atoms with E-state index in [2.05, 4.69) is 6.07 Å². The predicted octanol–water partition coefficient (Wildman–Crippen LogP) is 4.92. The summed E-state index contributed by atoms with van der Waals surface area (Å²) >= 11 is 0. The van der Waals surface area contributed by atoms with Gasteiger partial charge in [-0.1, -0.05) is 60.2 Å². The second-order valence-corrected chi connectivity index (χ2v) is 5.51. The molecule has 0 atom stereocenters. The molecule has 0 spiro atoms. The van der Waals surface area contributed by atoms with Crippen LogP contribution in [-0.4, -0.2) is 0 Å². The molecule has 3 aromatic carbocycles. The summed E-state index contributed by atoms with van der Waals surface area (Å²) in [6, 6.07) is 19.6. The molecule has 4 aromatic rings. The minimum Gasteiger partial charge on any atom is -0.463 e. The van der Waals surface area contributed by atoms with Crippen molar-refractivity contribution in [1.29, 1.82) is 0 Å². The second kappa shape index (κ2) is 4.85. The minimum atomic E-state index is 0.0157. The fourth-order valence-electron chi connectivity index (χ4n) is 2.89. The van der Waals surface area contributed by atoms with Crippen LogP contribution >= 0.6 is 0 Å². The number of aryl methyl sites for hydroxylation is 1. The van der Waals surface area contributed by atoms with E-state index >= 15 is 0 Å². The molecule has 0 unspecified atom stereocenters. The van der Waals surface area contributed by atoms with Crippen LogP contribution in [0.25, 0.3) is 32.9 Å². The zero-order valence-corrected chi connectivity index (χ0v) is 12.2. The van der Waals surface area contributed by atoms with E-state index in [9.17, 15) is 4.79 Å². The quantitative estimate of drug-likeness (QED) is 0.465. The Morgan fingerprint density at radius 3 is 2.55 bits per heavy atom. The summed E-state index contributed by atoms with van der Waals surface area (Å²) in [7, 11) is 0. The largest absolute Gasteiger partial charge is 0.463 e. The van der Waals surface area contributed by atoms with E-state index in [4.69, 9.17) is 4.42 Å². The Labute approximate surface area is 127 Å². The summed E-state index contributed by atoms with van der Waals surface area (Å²) < 4.78 is 5.72. The van der Waals surface area contributed by atoms with Crippen LogP contribution in [0.3, 0.4) is 0 Å². The molecule has 0 aliphatic heterocycles. The summed E-state index contributed by atoms with van der Waals surface area (Å²) in [5.74, 6) is 0. The van der Waals surface area contributed by atoms with Gasteiger partial charge in [-0.3, -0.25) is 4.79 Å². The van der Waals surface area contributed by atoms with Crippen molar-refractivity contribution in [2.24, 2.45) is 0 Å². The van der Waals surface area contributed by atoms with Crippen molar-refractivity contribution in [2.45, 2.75) is 6.92 Å². The first-order valence-electron chi connectivity index (χ1n) is 7.24. The zero-order chi connectivity index (χ0) is 15.1. The van der Waals surface area contributed by atoms with Gasteiger partial charge in [0.1, 0.15) is 11.8 Å². The number of hydrogen-bond donors (Lipinski definition) is 0. The van der Waals surface area contributed by atoms with E-state index < -0.39 is 0 Å². The van der Waals surface area contributed by atoms with Crippen LogP contribution in [0, 0.1) is 6.92 Å². The molecule has 0 saturated heterocycles. The van der Waals surface area contributed by atoms with Crippen LogP contribution in [0.2, 0.25) is 0 Å². The van der Waals surface area contributed by atoms with Gasteiger partial charge in [0, 0.05) is 0 Å². The van der Waals surface area contributed by atoms with E-state index in [1.165, 1.54) is 5.56 Å². The summed E-state index contributed by atoms with van der Waals surface area (Å²) in [6.45, 7) is 2.05. The molecule has 0 amide bonds. The molecule has 0 aliphatic carbocycles. The Hall–Kier alpha value is -2.87. The first-order valence-corrected chi connectivity index (χ1v) is 7.24. The predicted molar refractivity (Wildman–Crippen MR) is 90.2 cm³/mol. The molecule has 4 rings (SSSR count). The Kier molecular flexibility index (Phi) is 2.83. The maximum atomic E-state index is 13.0. The average molecular weight is 286 g/mol. The molecule has 0 radical (unpaired) electrons. The van der Waals surface area contributed by atoms with Gasteiger partial charge in [0.2, 0.25) is 5.43 Å². The molecule has 106 valence electrons. The standard InChI is InChI=1S/C20H14O2/c1-13-7-9-16-15(11-13)8-10-18-19(16)20(21)17(12-22-18)14-5-3-2-4-6-14/h2-12H,1H3. The third-order valence-electron chi connectivity index (χ3n) is 4.00. The van der Waals surface area contributed by atoms with E-state index in [0.29, 0.717) is 16.5 Å². The third-order valence-corrected chi connectivity index (χ3v) is 4.00. The van der Waals surface area contributed by atoms with Gasteiger partial charge in [-0.15, -0.1) is 0 Å². The van der Waals surface area contributed by atoms with Crippen LogP contribution in [0.4, 0.5) is 0 Å².